The Hall–Kier alpha value is -3.84. The Morgan fingerprint density at radius 3 is 2.22 bits per heavy atom. The van der Waals surface area contributed by atoms with Crippen LogP contribution < -0.4 is 14.5 Å². The van der Waals surface area contributed by atoms with Gasteiger partial charge in [0.2, 0.25) is 5.91 Å². The Morgan fingerprint density at radius 2 is 1.62 bits per heavy atom. The standard InChI is InChI=1S/C29H29ClN2O5/c1-18-17-26(32(19(2)33)22-13-11-21(30)12-14-22)24-7-5-6-8-25(24)31(18)27(34)20-9-15-23(16-10-20)37-29(3,4)28(35)36/h5-16,18,26H,17H2,1-4H3,(H,35,36)/t18-,26+/m0/s1. The number of ether oxygens (including phenoxy) is 1. The Labute approximate surface area is 221 Å². The van der Waals surface area contributed by atoms with E-state index < -0.39 is 11.6 Å². The van der Waals surface area contributed by atoms with Crippen LogP contribution in [0, 0.1) is 0 Å². The average Bonchev–Trinajstić information content (AvgIpc) is 2.85. The second-order valence-corrected chi connectivity index (χ2v) is 10.1. The number of hydrogen-bond acceptors (Lipinski definition) is 4. The van der Waals surface area contributed by atoms with Gasteiger partial charge in [0.05, 0.1) is 6.04 Å². The number of carboxylic acid groups (broad SMARTS) is 1. The van der Waals surface area contributed by atoms with Crippen LogP contribution in [-0.4, -0.2) is 34.5 Å². The van der Waals surface area contributed by atoms with E-state index in [0.29, 0.717) is 22.8 Å². The van der Waals surface area contributed by atoms with E-state index in [1.54, 1.807) is 46.2 Å². The van der Waals surface area contributed by atoms with Crippen LogP contribution in [0.15, 0.2) is 72.8 Å². The third kappa shape index (κ3) is 5.32. The first kappa shape index (κ1) is 26.2. The first-order chi connectivity index (χ1) is 17.5. The van der Waals surface area contributed by atoms with Crippen LogP contribution in [0.5, 0.6) is 5.75 Å². The van der Waals surface area contributed by atoms with Gasteiger partial charge in [-0.15, -0.1) is 0 Å². The van der Waals surface area contributed by atoms with Crippen molar-refractivity contribution < 1.29 is 24.2 Å². The molecule has 0 radical (unpaired) electrons. The van der Waals surface area contributed by atoms with Crippen molar-refractivity contribution in [1.29, 1.82) is 0 Å². The topological polar surface area (TPSA) is 87.2 Å². The predicted octanol–water partition coefficient (Wildman–Crippen LogP) is 6.12. The van der Waals surface area contributed by atoms with E-state index in [2.05, 4.69) is 0 Å². The summed E-state index contributed by atoms with van der Waals surface area (Å²) in [5.41, 5.74) is 1.41. The fourth-order valence-corrected chi connectivity index (χ4v) is 4.79. The van der Waals surface area contributed by atoms with Gasteiger partial charge in [-0.1, -0.05) is 29.8 Å². The van der Waals surface area contributed by atoms with Crippen molar-refractivity contribution in [1.82, 2.24) is 0 Å². The number of nitrogens with zero attached hydrogens (tertiary/aromatic N) is 2. The Bertz CT molecular complexity index is 1320. The van der Waals surface area contributed by atoms with Gasteiger partial charge in [-0.05, 0) is 87.4 Å². The number of amides is 2. The van der Waals surface area contributed by atoms with Crippen LogP contribution in [0.4, 0.5) is 11.4 Å². The highest BCUT2D eigenvalue weighted by molar-refractivity contribution is 6.30. The summed E-state index contributed by atoms with van der Waals surface area (Å²) in [6.07, 6.45) is 0.541. The van der Waals surface area contributed by atoms with Gasteiger partial charge >= 0.3 is 5.97 Å². The van der Waals surface area contributed by atoms with Gasteiger partial charge in [0, 0.05) is 34.9 Å². The van der Waals surface area contributed by atoms with E-state index in [1.165, 1.54) is 20.8 Å². The van der Waals surface area contributed by atoms with Crippen molar-refractivity contribution in [2.75, 3.05) is 9.80 Å². The zero-order chi connectivity index (χ0) is 26.9. The van der Waals surface area contributed by atoms with Crippen molar-refractivity contribution in [3.63, 3.8) is 0 Å². The van der Waals surface area contributed by atoms with Crippen molar-refractivity contribution in [2.45, 2.75) is 51.8 Å². The molecule has 2 amide bonds. The van der Waals surface area contributed by atoms with E-state index in [-0.39, 0.29) is 23.9 Å². The summed E-state index contributed by atoms with van der Waals surface area (Å²) >= 11 is 6.07. The summed E-state index contributed by atoms with van der Waals surface area (Å²) in [6, 6.07) is 20.8. The molecule has 0 unspecified atom stereocenters. The first-order valence-electron chi connectivity index (χ1n) is 12.0. The smallest absolute Gasteiger partial charge is 0.347 e. The molecule has 0 saturated carbocycles. The molecule has 0 spiro atoms. The van der Waals surface area contributed by atoms with Crippen molar-refractivity contribution >= 4 is 40.8 Å². The third-order valence-corrected chi connectivity index (χ3v) is 6.78. The second kappa shape index (κ2) is 10.3. The fraction of sp³-hybridized carbons (Fsp3) is 0.276. The van der Waals surface area contributed by atoms with Crippen LogP contribution >= 0.6 is 11.6 Å². The van der Waals surface area contributed by atoms with E-state index in [0.717, 1.165) is 16.9 Å². The number of rotatable bonds is 6. The van der Waals surface area contributed by atoms with Gasteiger partial charge in [0.1, 0.15) is 5.75 Å². The molecule has 0 saturated heterocycles. The minimum absolute atomic E-state index is 0.103. The van der Waals surface area contributed by atoms with E-state index >= 15 is 0 Å². The number of hydrogen-bond donors (Lipinski definition) is 1. The Kier molecular flexibility index (Phi) is 7.28. The number of halogens is 1. The maximum Gasteiger partial charge on any atom is 0.347 e. The molecule has 4 rings (SSSR count). The maximum atomic E-state index is 13.7. The molecule has 1 aliphatic heterocycles. The highest BCUT2D eigenvalue weighted by atomic mass is 35.5. The van der Waals surface area contributed by atoms with Gasteiger partial charge in [-0.3, -0.25) is 9.59 Å². The number of anilines is 2. The number of carboxylic acids is 1. The molecule has 1 heterocycles. The third-order valence-electron chi connectivity index (χ3n) is 6.52. The summed E-state index contributed by atoms with van der Waals surface area (Å²) in [5.74, 6) is -1.02. The number of carbonyl (C=O) groups is 3. The average molecular weight is 521 g/mol. The van der Waals surface area contributed by atoms with Crippen molar-refractivity contribution in [3.05, 3.63) is 88.9 Å². The highest BCUT2D eigenvalue weighted by Crippen LogP contribution is 2.43. The van der Waals surface area contributed by atoms with E-state index in [1.807, 2.05) is 43.3 Å². The molecule has 8 heteroatoms. The molecule has 192 valence electrons. The molecule has 1 N–H and O–H groups in total. The minimum atomic E-state index is -1.40. The lowest BCUT2D eigenvalue weighted by Gasteiger charge is -2.43. The molecule has 37 heavy (non-hydrogen) atoms. The van der Waals surface area contributed by atoms with Gasteiger partial charge in [-0.25, -0.2) is 4.79 Å². The highest BCUT2D eigenvalue weighted by Gasteiger charge is 2.38. The van der Waals surface area contributed by atoms with Gasteiger partial charge in [-0.2, -0.15) is 0 Å². The quantitative estimate of drug-likeness (QED) is 0.423. The normalized spacial score (nSPS) is 17.1. The zero-order valence-electron chi connectivity index (χ0n) is 21.1. The minimum Gasteiger partial charge on any atom is -0.478 e. The molecule has 0 fully saturated rings. The van der Waals surface area contributed by atoms with Gasteiger partial charge in [0.15, 0.2) is 5.60 Å². The summed E-state index contributed by atoms with van der Waals surface area (Å²) in [6.45, 7) is 6.43. The molecular formula is C29H29ClN2O5. The fourth-order valence-electron chi connectivity index (χ4n) is 4.66. The summed E-state index contributed by atoms with van der Waals surface area (Å²) in [7, 11) is 0. The monoisotopic (exact) mass is 520 g/mol. The Balaban J connectivity index is 1.66. The van der Waals surface area contributed by atoms with Crippen LogP contribution in [0.2, 0.25) is 5.02 Å². The summed E-state index contributed by atoms with van der Waals surface area (Å²) in [5, 5.41) is 9.89. The molecule has 0 bridgehead atoms. The van der Waals surface area contributed by atoms with Crippen LogP contribution in [-0.2, 0) is 9.59 Å². The molecular weight excluding hydrogens is 492 g/mol. The molecule has 2 atom stereocenters. The van der Waals surface area contributed by atoms with Crippen LogP contribution in [0.25, 0.3) is 0 Å². The van der Waals surface area contributed by atoms with Crippen molar-refractivity contribution in [3.8, 4) is 5.75 Å². The van der Waals surface area contributed by atoms with Crippen LogP contribution in [0.1, 0.15) is 56.1 Å². The molecule has 0 aliphatic carbocycles. The first-order valence-corrected chi connectivity index (χ1v) is 12.4. The predicted molar refractivity (Wildman–Crippen MR) is 143 cm³/mol. The summed E-state index contributed by atoms with van der Waals surface area (Å²) < 4.78 is 5.56. The number of carbonyl (C=O) groups excluding carboxylic acids is 2. The molecule has 1 aliphatic rings. The second-order valence-electron chi connectivity index (χ2n) is 9.64. The summed E-state index contributed by atoms with van der Waals surface area (Å²) in [4.78, 5) is 41.4. The lowest BCUT2D eigenvalue weighted by molar-refractivity contribution is -0.152. The number of benzene rings is 3. The Morgan fingerprint density at radius 1 is 1.00 bits per heavy atom. The van der Waals surface area contributed by atoms with E-state index in [4.69, 9.17) is 16.3 Å². The number of fused-ring (bicyclic) bond motifs is 1. The molecule has 7 nitrogen and oxygen atoms in total. The largest absolute Gasteiger partial charge is 0.478 e. The SMILES string of the molecule is CC(=O)N(c1ccc(Cl)cc1)[C@@H]1C[C@H](C)N(C(=O)c2ccc(OC(C)(C)C(=O)O)cc2)c2ccccc21. The molecule has 3 aromatic rings. The maximum absolute atomic E-state index is 13.7. The van der Waals surface area contributed by atoms with E-state index in [9.17, 15) is 19.5 Å². The molecule has 0 aromatic heterocycles. The lowest BCUT2D eigenvalue weighted by Crippen LogP contribution is -2.47. The van der Waals surface area contributed by atoms with Crippen molar-refractivity contribution in [2.24, 2.45) is 0 Å². The van der Waals surface area contributed by atoms with Gasteiger partial charge in [0.25, 0.3) is 5.91 Å². The lowest BCUT2D eigenvalue weighted by atomic mass is 9.89. The molecule has 3 aromatic carbocycles. The van der Waals surface area contributed by atoms with Gasteiger partial charge < -0.3 is 19.6 Å². The number of aliphatic carboxylic acids is 1. The van der Waals surface area contributed by atoms with Crippen LogP contribution in [0.3, 0.4) is 0 Å². The zero-order valence-corrected chi connectivity index (χ0v) is 21.9. The number of para-hydroxylation sites is 1.